The van der Waals surface area contributed by atoms with E-state index in [0.29, 0.717) is 6.42 Å². The summed E-state index contributed by atoms with van der Waals surface area (Å²) in [5.41, 5.74) is 0. The maximum absolute atomic E-state index is 12.0. The highest BCUT2D eigenvalue weighted by atomic mass is 32.2. The SMILES string of the molecule is CCCCCCCC/C=C\CCCCCCCC(=O)C(C)(CO)S(=O)(=O)O. The zero-order chi connectivity index (χ0) is 20.6. The van der Waals surface area contributed by atoms with Crippen LogP contribution in [0.25, 0.3) is 0 Å². The van der Waals surface area contributed by atoms with E-state index in [4.69, 9.17) is 9.66 Å². The van der Waals surface area contributed by atoms with Crippen LogP contribution in [0.3, 0.4) is 0 Å². The number of hydrogen-bond donors (Lipinski definition) is 2. The van der Waals surface area contributed by atoms with Gasteiger partial charge in [0.05, 0.1) is 6.61 Å². The van der Waals surface area contributed by atoms with Gasteiger partial charge in [-0.15, -0.1) is 0 Å². The molecule has 0 fully saturated rings. The van der Waals surface area contributed by atoms with Crippen LogP contribution in [-0.4, -0.2) is 35.2 Å². The molecule has 6 heteroatoms. The molecule has 2 N–H and O–H groups in total. The normalized spacial score (nSPS) is 14.5. The van der Waals surface area contributed by atoms with Crippen LogP contribution in [0.4, 0.5) is 0 Å². The van der Waals surface area contributed by atoms with E-state index < -0.39 is 27.3 Å². The Kier molecular flexibility index (Phi) is 14.8. The van der Waals surface area contributed by atoms with Crippen molar-refractivity contribution in [2.45, 2.75) is 108 Å². The molecule has 1 unspecified atom stereocenters. The molecule has 0 spiro atoms. The molecule has 0 aromatic carbocycles. The van der Waals surface area contributed by atoms with Gasteiger partial charge in [0.25, 0.3) is 10.1 Å². The fraction of sp³-hybridized carbons (Fsp3) is 0.857. The molecule has 0 aliphatic rings. The number of unbranched alkanes of at least 4 members (excludes halogenated alkanes) is 11. The first kappa shape index (κ1) is 26.3. The second-order valence-corrected chi connectivity index (χ2v) is 9.47. The number of ketones is 1. The van der Waals surface area contributed by atoms with Crippen LogP contribution >= 0.6 is 0 Å². The first-order valence-corrected chi connectivity index (χ1v) is 12.0. The van der Waals surface area contributed by atoms with Crippen LogP contribution in [0.2, 0.25) is 0 Å². The lowest BCUT2D eigenvalue weighted by Gasteiger charge is -2.21. The van der Waals surface area contributed by atoms with Crippen LogP contribution in [0.1, 0.15) is 104 Å². The van der Waals surface area contributed by atoms with Crippen molar-refractivity contribution in [3.05, 3.63) is 12.2 Å². The van der Waals surface area contributed by atoms with Crippen LogP contribution in [-0.2, 0) is 14.9 Å². The van der Waals surface area contributed by atoms with Gasteiger partial charge in [-0.25, -0.2) is 0 Å². The summed E-state index contributed by atoms with van der Waals surface area (Å²) in [5.74, 6) is -0.620. The van der Waals surface area contributed by atoms with Crippen molar-refractivity contribution in [2.75, 3.05) is 6.61 Å². The topological polar surface area (TPSA) is 91.7 Å². The van der Waals surface area contributed by atoms with Gasteiger partial charge in [0.1, 0.15) is 0 Å². The largest absolute Gasteiger partial charge is 0.394 e. The first-order chi connectivity index (χ1) is 12.8. The third-order valence-corrected chi connectivity index (χ3v) is 6.62. The molecule has 0 radical (unpaired) electrons. The Morgan fingerprint density at radius 1 is 0.852 bits per heavy atom. The molecule has 0 aliphatic heterocycles. The molecule has 1 atom stereocenters. The van der Waals surface area contributed by atoms with Gasteiger partial charge < -0.3 is 5.11 Å². The Bertz CT molecular complexity index is 513. The predicted molar refractivity (Wildman–Crippen MR) is 111 cm³/mol. The summed E-state index contributed by atoms with van der Waals surface area (Å²) in [6.45, 7) is 2.41. The molecule has 0 aliphatic carbocycles. The van der Waals surface area contributed by atoms with Crippen molar-refractivity contribution in [3.63, 3.8) is 0 Å². The van der Waals surface area contributed by atoms with Crippen molar-refractivity contribution in [2.24, 2.45) is 0 Å². The van der Waals surface area contributed by atoms with Gasteiger partial charge in [0.2, 0.25) is 0 Å². The molecule has 0 amide bonds. The Labute approximate surface area is 166 Å². The van der Waals surface area contributed by atoms with E-state index in [2.05, 4.69) is 19.1 Å². The standard InChI is InChI=1S/C21H40O5S/c1-3-4-5-6-7-8-9-10-11-12-13-14-15-16-17-18-20(23)21(2,19-22)27(24,25)26/h10-11,22H,3-9,12-19H2,1-2H3,(H,24,25,26)/b11-10-. The lowest BCUT2D eigenvalue weighted by Crippen LogP contribution is -2.46. The minimum atomic E-state index is -4.59. The second kappa shape index (κ2) is 15.2. The number of carbonyl (C=O) groups is 1. The average Bonchev–Trinajstić information content (AvgIpc) is 2.62. The third kappa shape index (κ3) is 11.7. The number of rotatable bonds is 18. The number of allylic oxidation sites excluding steroid dienone is 2. The number of carbonyl (C=O) groups excluding carboxylic acids is 1. The number of aliphatic hydroxyl groups excluding tert-OH is 1. The molecule has 0 saturated heterocycles. The van der Waals surface area contributed by atoms with Crippen LogP contribution in [0.15, 0.2) is 12.2 Å². The summed E-state index contributed by atoms with van der Waals surface area (Å²) in [5, 5.41) is 9.15. The van der Waals surface area contributed by atoms with Crippen molar-refractivity contribution < 1.29 is 22.9 Å². The molecular formula is C21H40O5S. The highest BCUT2D eigenvalue weighted by Crippen LogP contribution is 2.20. The maximum Gasteiger partial charge on any atom is 0.279 e. The first-order valence-electron chi connectivity index (χ1n) is 10.6. The quantitative estimate of drug-likeness (QED) is 0.185. The summed E-state index contributed by atoms with van der Waals surface area (Å²) in [6, 6.07) is 0. The van der Waals surface area contributed by atoms with Gasteiger partial charge in [-0.05, 0) is 39.0 Å². The highest BCUT2D eigenvalue weighted by Gasteiger charge is 2.44. The lowest BCUT2D eigenvalue weighted by atomic mass is 10.00. The highest BCUT2D eigenvalue weighted by molar-refractivity contribution is 7.88. The molecular weight excluding hydrogens is 364 g/mol. The third-order valence-electron chi connectivity index (χ3n) is 5.13. The van der Waals surface area contributed by atoms with Gasteiger partial charge in [0.15, 0.2) is 10.5 Å². The van der Waals surface area contributed by atoms with Gasteiger partial charge in [-0.2, -0.15) is 8.42 Å². The van der Waals surface area contributed by atoms with E-state index in [1.807, 2.05) is 0 Å². The summed E-state index contributed by atoms with van der Waals surface area (Å²) in [6.07, 6.45) is 19.5. The van der Waals surface area contributed by atoms with E-state index in [1.165, 1.54) is 44.9 Å². The summed E-state index contributed by atoms with van der Waals surface area (Å²) in [7, 11) is -4.59. The fourth-order valence-electron chi connectivity index (χ4n) is 2.93. The molecule has 0 aromatic heterocycles. The smallest absolute Gasteiger partial charge is 0.279 e. The van der Waals surface area contributed by atoms with Gasteiger partial charge in [-0.3, -0.25) is 9.35 Å². The Balaban J connectivity index is 3.62. The van der Waals surface area contributed by atoms with E-state index in [0.717, 1.165) is 39.0 Å². The number of Topliss-reactive ketones (excluding diaryl/α,β-unsaturated/α-hetero) is 1. The van der Waals surface area contributed by atoms with Crippen LogP contribution in [0, 0.1) is 0 Å². The van der Waals surface area contributed by atoms with E-state index in [9.17, 15) is 13.2 Å². The lowest BCUT2D eigenvalue weighted by molar-refractivity contribution is -0.122. The molecule has 0 heterocycles. The molecule has 0 saturated carbocycles. The van der Waals surface area contributed by atoms with Gasteiger partial charge in [-0.1, -0.05) is 70.4 Å². The van der Waals surface area contributed by atoms with Gasteiger partial charge >= 0.3 is 0 Å². The Hall–Kier alpha value is -0.720. The van der Waals surface area contributed by atoms with E-state index in [1.54, 1.807) is 0 Å². The monoisotopic (exact) mass is 404 g/mol. The molecule has 160 valence electrons. The minimum Gasteiger partial charge on any atom is -0.394 e. The minimum absolute atomic E-state index is 0.0645. The van der Waals surface area contributed by atoms with Crippen LogP contribution in [0.5, 0.6) is 0 Å². The van der Waals surface area contributed by atoms with Crippen molar-refractivity contribution >= 4 is 15.9 Å². The predicted octanol–water partition coefficient (Wildman–Crippen LogP) is 5.23. The van der Waals surface area contributed by atoms with Gasteiger partial charge in [0, 0.05) is 6.42 Å². The zero-order valence-electron chi connectivity index (χ0n) is 17.3. The van der Waals surface area contributed by atoms with Crippen LogP contribution < -0.4 is 0 Å². The molecule has 0 aromatic rings. The van der Waals surface area contributed by atoms with E-state index in [-0.39, 0.29) is 6.42 Å². The maximum atomic E-state index is 12.0. The van der Waals surface area contributed by atoms with E-state index >= 15 is 0 Å². The Morgan fingerprint density at radius 3 is 1.74 bits per heavy atom. The molecule has 0 bridgehead atoms. The molecule has 27 heavy (non-hydrogen) atoms. The van der Waals surface area contributed by atoms with Crippen molar-refractivity contribution in [3.8, 4) is 0 Å². The number of aliphatic hydroxyl groups is 1. The summed E-state index contributed by atoms with van der Waals surface area (Å²) >= 11 is 0. The Morgan fingerprint density at radius 2 is 1.30 bits per heavy atom. The zero-order valence-corrected chi connectivity index (χ0v) is 18.1. The van der Waals surface area contributed by atoms with Crippen molar-refractivity contribution in [1.82, 2.24) is 0 Å². The van der Waals surface area contributed by atoms with Crippen molar-refractivity contribution in [1.29, 1.82) is 0 Å². The fourth-order valence-corrected chi connectivity index (χ4v) is 3.49. The summed E-state index contributed by atoms with van der Waals surface area (Å²) < 4.78 is 29.5. The number of hydrogen-bond acceptors (Lipinski definition) is 4. The molecule has 0 rings (SSSR count). The molecule has 5 nitrogen and oxygen atoms in total. The summed E-state index contributed by atoms with van der Waals surface area (Å²) in [4.78, 5) is 12.0. The second-order valence-electron chi connectivity index (χ2n) is 7.62. The average molecular weight is 405 g/mol.